The Kier molecular flexibility index (Phi) is 3.96. The van der Waals surface area contributed by atoms with Crippen LogP contribution in [0.25, 0.3) is 5.57 Å². The highest BCUT2D eigenvalue weighted by Crippen LogP contribution is 2.25. The average Bonchev–Trinajstić information content (AvgIpc) is 2.38. The number of ether oxygens (including phenoxy) is 1. The standard InChI is InChI=1S/C13H16N2O3/c14-15-6-7-18-9-12(15)11(8-13(16)17)10-4-2-1-3-5-10/h1-5H,6-9,14H2,(H,16,17)/b12-11+. The fourth-order valence-corrected chi connectivity index (χ4v) is 1.97. The van der Waals surface area contributed by atoms with E-state index in [-0.39, 0.29) is 6.42 Å². The van der Waals surface area contributed by atoms with Gasteiger partial charge >= 0.3 is 5.97 Å². The molecule has 1 aromatic rings. The minimum atomic E-state index is -0.875. The second-order valence-electron chi connectivity index (χ2n) is 4.11. The molecule has 1 aromatic carbocycles. The molecule has 1 saturated heterocycles. The summed E-state index contributed by atoms with van der Waals surface area (Å²) >= 11 is 0. The van der Waals surface area contributed by atoms with E-state index in [4.69, 9.17) is 15.7 Å². The van der Waals surface area contributed by atoms with E-state index in [0.717, 1.165) is 11.3 Å². The fourth-order valence-electron chi connectivity index (χ4n) is 1.97. The first kappa shape index (κ1) is 12.6. The molecule has 1 heterocycles. The van der Waals surface area contributed by atoms with E-state index >= 15 is 0 Å². The van der Waals surface area contributed by atoms with Crippen LogP contribution in [0.3, 0.4) is 0 Å². The van der Waals surface area contributed by atoms with Gasteiger partial charge in [0.2, 0.25) is 0 Å². The summed E-state index contributed by atoms with van der Waals surface area (Å²) in [7, 11) is 0. The van der Waals surface area contributed by atoms with Gasteiger partial charge in [0.15, 0.2) is 0 Å². The van der Waals surface area contributed by atoms with Crippen LogP contribution in [0.15, 0.2) is 36.0 Å². The summed E-state index contributed by atoms with van der Waals surface area (Å²) in [5.41, 5.74) is 2.33. The number of carbonyl (C=O) groups is 1. The molecule has 2 rings (SSSR count). The van der Waals surface area contributed by atoms with Gasteiger partial charge in [-0.15, -0.1) is 0 Å². The second-order valence-corrected chi connectivity index (χ2v) is 4.11. The largest absolute Gasteiger partial charge is 0.481 e. The Morgan fingerprint density at radius 2 is 2.11 bits per heavy atom. The molecule has 0 bridgehead atoms. The van der Waals surface area contributed by atoms with Crippen LogP contribution in [0, 0.1) is 0 Å². The molecule has 0 saturated carbocycles. The molecular weight excluding hydrogens is 232 g/mol. The van der Waals surface area contributed by atoms with Crippen molar-refractivity contribution in [2.75, 3.05) is 19.8 Å². The molecule has 5 nitrogen and oxygen atoms in total. The highest BCUT2D eigenvalue weighted by atomic mass is 16.5. The van der Waals surface area contributed by atoms with Gasteiger partial charge in [0, 0.05) is 0 Å². The summed E-state index contributed by atoms with van der Waals surface area (Å²) in [6.45, 7) is 1.49. The zero-order chi connectivity index (χ0) is 13.0. The van der Waals surface area contributed by atoms with E-state index in [9.17, 15) is 4.79 Å². The van der Waals surface area contributed by atoms with Crippen LogP contribution in [-0.2, 0) is 9.53 Å². The van der Waals surface area contributed by atoms with Gasteiger partial charge in [0.05, 0.1) is 31.9 Å². The third-order valence-corrected chi connectivity index (χ3v) is 2.86. The Bertz CT molecular complexity index is 457. The quantitative estimate of drug-likeness (QED) is 0.783. The van der Waals surface area contributed by atoms with Crippen molar-refractivity contribution in [2.24, 2.45) is 5.84 Å². The Morgan fingerprint density at radius 3 is 2.72 bits per heavy atom. The predicted octanol–water partition coefficient (Wildman–Crippen LogP) is 1.08. The van der Waals surface area contributed by atoms with Crippen LogP contribution in [-0.4, -0.2) is 35.8 Å². The van der Waals surface area contributed by atoms with Crippen LogP contribution in [0.5, 0.6) is 0 Å². The average molecular weight is 248 g/mol. The van der Waals surface area contributed by atoms with Crippen molar-refractivity contribution in [1.82, 2.24) is 5.01 Å². The Labute approximate surface area is 105 Å². The van der Waals surface area contributed by atoms with E-state index in [1.807, 2.05) is 30.3 Å². The van der Waals surface area contributed by atoms with Crippen LogP contribution in [0.1, 0.15) is 12.0 Å². The molecule has 1 fully saturated rings. The summed E-state index contributed by atoms with van der Waals surface area (Å²) in [5, 5.41) is 10.6. The number of carboxylic acids is 1. The Morgan fingerprint density at radius 1 is 1.39 bits per heavy atom. The summed E-state index contributed by atoms with van der Waals surface area (Å²) in [6.07, 6.45) is -0.0591. The second kappa shape index (κ2) is 5.66. The number of rotatable bonds is 3. The van der Waals surface area contributed by atoms with E-state index in [0.29, 0.717) is 25.3 Å². The highest BCUT2D eigenvalue weighted by Gasteiger charge is 2.19. The lowest BCUT2D eigenvalue weighted by atomic mass is 10.00. The maximum atomic E-state index is 11.0. The van der Waals surface area contributed by atoms with E-state index in [2.05, 4.69) is 0 Å². The lowest BCUT2D eigenvalue weighted by Gasteiger charge is -2.29. The summed E-state index contributed by atoms with van der Waals surface area (Å²) < 4.78 is 5.36. The van der Waals surface area contributed by atoms with Gasteiger partial charge in [-0.3, -0.25) is 4.79 Å². The monoisotopic (exact) mass is 248 g/mol. The number of hydrogen-bond acceptors (Lipinski definition) is 4. The van der Waals surface area contributed by atoms with Crippen molar-refractivity contribution in [3.63, 3.8) is 0 Å². The van der Waals surface area contributed by atoms with Crippen LogP contribution >= 0.6 is 0 Å². The SMILES string of the molecule is NN1CCOC/C1=C(/CC(=O)O)c1ccccc1. The van der Waals surface area contributed by atoms with E-state index < -0.39 is 5.97 Å². The minimum absolute atomic E-state index is 0.0591. The van der Waals surface area contributed by atoms with Gasteiger partial charge in [-0.25, -0.2) is 5.84 Å². The first-order valence-corrected chi connectivity index (χ1v) is 5.77. The Balaban J connectivity index is 2.41. The summed E-state index contributed by atoms with van der Waals surface area (Å²) in [5.74, 6) is 5.02. The van der Waals surface area contributed by atoms with Crippen molar-refractivity contribution in [2.45, 2.75) is 6.42 Å². The fraction of sp³-hybridized carbons (Fsp3) is 0.308. The molecular formula is C13H16N2O3. The maximum Gasteiger partial charge on any atom is 0.307 e. The maximum absolute atomic E-state index is 11.0. The third kappa shape index (κ3) is 2.88. The molecule has 0 amide bonds. The number of morpholine rings is 1. The van der Waals surface area contributed by atoms with E-state index in [1.54, 1.807) is 5.01 Å². The zero-order valence-corrected chi connectivity index (χ0v) is 10.0. The molecule has 1 aliphatic rings. The van der Waals surface area contributed by atoms with Crippen LogP contribution in [0.2, 0.25) is 0 Å². The van der Waals surface area contributed by atoms with Crippen LogP contribution in [0.4, 0.5) is 0 Å². The van der Waals surface area contributed by atoms with Gasteiger partial charge in [0.25, 0.3) is 0 Å². The Hall–Kier alpha value is -1.85. The first-order valence-electron chi connectivity index (χ1n) is 5.77. The molecule has 0 aromatic heterocycles. The third-order valence-electron chi connectivity index (χ3n) is 2.86. The summed E-state index contributed by atoms with van der Waals surface area (Å²) in [4.78, 5) is 11.0. The highest BCUT2D eigenvalue weighted by molar-refractivity contribution is 5.85. The van der Waals surface area contributed by atoms with Gasteiger partial charge in [-0.05, 0) is 11.1 Å². The van der Waals surface area contributed by atoms with Crippen LogP contribution < -0.4 is 5.84 Å². The number of aliphatic carboxylic acids is 1. The number of carboxylic acid groups (broad SMARTS) is 1. The molecule has 1 aliphatic heterocycles. The molecule has 18 heavy (non-hydrogen) atoms. The molecule has 0 spiro atoms. The number of nitrogens with zero attached hydrogens (tertiary/aromatic N) is 1. The van der Waals surface area contributed by atoms with Gasteiger partial charge < -0.3 is 14.9 Å². The molecule has 3 N–H and O–H groups in total. The number of hydrazine groups is 1. The topological polar surface area (TPSA) is 75.8 Å². The molecule has 0 aliphatic carbocycles. The molecule has 5 heteroatoms. The van der Waals surface area contributed by atoms with Gasteiger partial charge in [0.1, 0.15) is 0 Å². The zero-order valence-electron chi connectivity index (χ0n) is 10.0. The molecule has 0 unspecified atom stereocenters. The van der Waals surface area contributed by atoms with Crippen molar-refractivity contribution >= 4 is 11.5 Å². The molecule has 96 valence electrons. The number of benzene rings is 1. The summed E-state index contributed by atoms with van der Waals surface area (Å²) in [6, 6.07) is 9.41. The molecule has 0 atom stereocenters. The smallest absolute Gasteiger partial charge is 0.307 e. The lowest BCUT2D eigenvalue weighted by molar-refractivity contribution is -0.135. The minimum Gasteiger partial charge on any atom is -0.481 e. The number of hydrogen-bond donors (Lipinski definition) is 2. The van der Waals surface area contributed by atoms with Crippen molar-refractivity contribution in [1.29, 1.82) is 0 Å². The number of nitrogens with two attached hydrogens (primary N) is 1. The molecule has 0 radical (unpaired) electrons. The lowest BCUT2D eigenvalue weighted by Crippen LogP contribution is -2.40. The van der Waals surface area contributed by atoms with Crippen molar-refractivity contribution < 1.29 is 14.6 Å². The van der Waals surface area contributed by atoms with E-state index in [1.165, 1.54) is 0 Å². The van der Waals surface area contributed by atoms with Crippen molar-refractivity contribution in [3.05, 3.63) is 41.6 Å². The van der Waals surface area contributed by atoms with Crippen molar-refractivity contribution in [3.8, 4) is 0 Å². The predicted molar refractivity (Wildman–Crippen MR) is 67.3 cm³/mol. The first-order chi connectivity index (χ1) is 8.68. The van der Waals surface area contributed by atoms with Gasteiger partial charge in [-0.2, -0.15) is 0 Å². The normalized spacial score (nSPS) is 18.6. The van der Waals surface area contributed by atoms with Gasteiger partial charge in [-0.1, -0.05) is 30.3 Å².